The van der Waals surface area contributed by atoms with Crippen molar-refractivity contribution in [2.24, 2.45) is 0 Å². The first-order valence-electron chi connectivity index (χ1n) is 5.88. The fourth-order valence-electron chi connectivity index (χ4n) is 1.75. The predicted molar refractivity (Wildman–Crippen MR) is 60.3 cm³/mol. The van der Waals surface area contributed by atoms with Crippen molar-refractivity contribution in [2.75, 3.05) is 19.6 Å². The van der Waals surface area contributed by atoms with Gasteiger partial charge in [0.25, 0.3) is 0 Å². The lowest BCUT2D eigenvalue weighted by molar-refractivity contribution is -0.180. The number of nitrogens with one attached hydrogen (secondary N) is 1. The van der Waals surface area contributed by atoms with Gasteiger partial charge in [-0.25, -0.2) is 4.79 Å². The maximum absolute atomic E-state index is 12.9. The van der Waals surface area contributed by atoms with Gasteiger partial charge in [0.1, 0.15) is 11.6 Å². The summed E-state index contributed by atoms with van der Waals surface area (Å²) in [5, 5.41) is 2.85. The van der Waals surface area contributed by atoms with E-state index in [0.717, 1.165) is 4.90 Å². The van der Waals surface area contributed by atoms with Crippen molar-refractivity contribution in [3.63, 3.8) is 0 Å². The summed E-state index contributed by atoms with van der Waals surface area (Å²) < 4.78 is 43.7. The highest BCUT2D eigenvalue weighted by molar-refractivity contribution is 5.68. The van der Waals surface area contributed by atoms with Crippen LogP contribution in [0.4, 0.5) is 18.0 Å². The smallest absolute Gasteiger partial charge is 0.410 e. The summed E-state index contributed by atoms with van der Waals surface area (Å²) in [5.41, 5.74) is -0.799. The molecule has 106 valence electrons. The molecule has 0 spiro atoms. The molecule has 0 aromatic carbocycles. The molecule has 1 amide bonds. The minimum atomic E-state index is -4.43. The van der Waals surface area contributed by atoms with Crippen LogP contribution in [0.2, 0.25) is 0 Å². The molecule has 1 aliphatic heterocycles. The molecule has 1 rings (SSSR count). The van der Waals surface area contributed by atoms with Gasteiger partial charge in [0.05, 0.1) is 0 Å². The lowest BCUT2D eigenvalue weighted by Crippen LogP contribution is -2.50. The number of alkyl halides is 3. The Morgan fingerprint density at radius 1 is 1.28 bits per heavy atom. The first-order valence-corrected chi connectivity index (χ1v) is 5.88. The second kappa shape index (κ2) is 5.34. The highest BCUT2D eigenvalue weighted by Gasteiger charge is 2.46. The maximum atomic E-state index is 12.9. The van der Waals surface area contributed by atoms with Crippen LogP contribution in [-0.2, 0) is 4.74 Å². The molecular weight excluding hydrogens is 249 g/mol. The molecule has 0 bridgehead atoms. The van der Waals surface area contributed by atoms with Crippen molar-refractivity contribution in [3.8, 4) is 0 Å². The molecular formula is C11H19F3N2O2. The van der Waals surface area contributed by atoms with Crippen LogP contribution in [0.15, 0.2) is 0 Å². The lowest BCUT2D eigenvalue weighted by Gasteiger charge is -2.32. The third-order valence-electron chi connectivity index (χ3n) is 2.51. The summed E-state index contributed by atoms with van der Waals surface area (Å²) in [6.07, 6.45) is -5.49. The second-order valence-electron chi connectivity index (χ2n) is 5.27. The van der Waals surface area contributed by atoms with E-state index >= 15 is 0 Å². The third-order valence-corrected chi connectivity index (χ3v) is 2.51. The van der Waals surface area contributed by atoms with Crippen LogP contribution in [-0.4, -0.2) is 48.4 Å². The Morgan fingerprint density at radius 3 is 2.39 bits per heavy atom. The quantitative estimate of drug-likeness (QED) is 0.732. The molecule has 1 atom stereocenters. The largest absolute Gasteiger partial charge is 0.444 e. The van der Waals surface area contributed by atoms with Gasteiger partial charge in [0, 0.05) is 13.1 Å². The van der Waals surface area contributed by atoms with E-state index in [1.807, 2.05) is 0 Å². The summed E-state index contributed by atoms with van der Waals surface area (Å²) >= 11 is 0. The van der Waals surface area contributed by atoms with Crippen LogP contribution in [0, 0.1) is 0 Å². The molecule has 1 fully saturated rings. The Balaban J connectivity index is 2.83. The molecule has 18 heavy (non-hydrogen) atoms. The summed E-state index contributed by atoms with van der Waals surface area (Å²) in [5.74, 6) is 0. The van der Waals surface area contributed by atoms with Gasteiger partial charge in [-0.2, -0.15) is 13.2 Å². The Hall–Kier alpha value is -0.980. The number of carbonyl (C=O) groups is 1. The van der Waals surface area contributed by atoms with Crippen LogP contribution < -0.4 is 5.32 Å². The number of carbonyl (C=O) groups excluding carboxylic acids is 1. The van der Waals surface area contributed by atoms with E-state index < -0.39 is 23.9 Å². The standard InChI is InChI=1S/C11H19F3N2O2/c1-10(2,3)18-9(17)16-7-6-15-5-4-8(16)11(12,13)14/h8,15H,4-7H2,1-3H3. The molecule has 1 aliphatic rings. The average Bonchev–Trinajstić information content (AvgIpc) is 2.37. The van der Waals surface area contributed by atoms with Crippen molar-refractivity contribution in [1.29, 1.82) is 0 Å². The first-order chi connectivity index (χ1) is 8.11. The summed E-state index contributed by atoms with van der Waals surface area (Å²) in [7, 11) is 0. The highest BCUT2D eigenvalue weighted by Crippen LogP contribution is 2.29. The fraction of sp³-hybridized carbons (Fsp3) is 0.909. The molecule has 1 saturated heterocycles. The number of nitrogens with zero attached hydrogens (tertiary/aromatic N) is 1. The maximum Gasteiger partial charge on any atom is 0.410 e. The van der Waals surface area contributed by atoms with Crippen LogP contribution in [0.3, 0.4) is 0 Å². The molecule has 1 heterocycles. The number of hydrogen-bond acceptors (Lipinski definition) is 3. The van der Waals surface area contributed by atoms with E-state index in [4.69, 9.17) is 4.74 Å². The van der Waals surface area contributed by atoms with Crippen molar-refractivity contribution in [2.45, 2.75) is 45.0 Å². The molecule has 0 aliphatic carbocycles. The van der Waals surface area contributed by atoms with Gasteiger partial charge < -0.3 is 10.1 Å². The summed E-state index contributed by atoms with van der Waals surface area (Å²) in [6, 6.07) is -1.78. The monoisotopic (exact) mass is 268 g/mol. The fourth-order valence-corrected chi connectivity index (χ4v) is 1.75. The molecule has 0 saturated carbocycles. The Kier molecular flexibility index (Phi) is 4.47. The summed E-state index contributed by atoms with van der Waals surface area (Å²) in [6.45, 7) is 5.46. The minimum Gasteiger partial charge on any atom is -0.444 e. The van der Waals surface area contributed by atoms with Gasteiger partial charge in [0.15, 0.2) is 0 Å². The van der Waals surface area contributed by atoms with Gasteiger partial charge in [0.2, 0.25) is 0 Å². The molecule has 0 aromatic heterocycles. The SMILES string of the molecule is CC(C)(C)OC(=O)N1CCNCCC1C(F)(F)F. The van der Waals surface area contributed by atoms with E-state index in [2.05, 4.69) is 5.32 Å². The number of hydrogen-bond donors (Lipinski definition) is 1. The van der Waals surface area contributed by atoms with Crippen LogP contribution >= 0.6 is 0 Å². The number of rotatable bonds is 0. The molecule has 4 nitrogen and oxygen atoms in total. The van der Waals surface area contributed by atoms with E-state index in [0.29, 0.717) is 6.54 Å². The van der Waals surface area contributed by atoms with Gasteiger partial charge >= 0.3 is 12.3 Å². The average molecular weight is 268 g/mol. The van der Waals surface area contributed by atoms with Crippen molar-refractivity contribution in [1.82, 2.24) is 10.2 Å². The van der Waals surface area contributed by atoms with Gasteiger partial charge in [-0.3, -0.25) is 4.90 Å². The highest BCUT2D eigenvalue weighted by atomic mass is 19.4. The van der Waals surface area contributed by atoms with E-state index in [1.54, 1.807) is 20.8 Å². The van der Waals surface area contributed by atoms with Gasteiger partial charge in [-0.1, -0.05) is 0 Å². The Morgan fingerprint density at radius 2 is 1.89 bits per heavy atom. The Labute approximate surface area is 104 Å². The van der Waals surface area contributed by atoms with Crippen LogP contribution in [0.25, 0.3) is 0 Å². The predicted octanol–water partition coefficient (Wildman–Crippen LogP) is 2.15. The molecule has 0 aromatic rings. The molecule has 1 unspecified atom stereocenters. The summed E-state index contributed by atoms with van der Waals surface area (Å²) in [4.78, 5) is 12.6. The zero-order chi connectivity index (χ0) is 14.0. The van der Waals surface area contributed by atoms with Crippen molar-refractivity contribution >= 4 is 6.09 Å². The molecule has 1 N–H and O–H groups in total. The topological polar surface area (TPSA) is 41.6 Å². The van der Waals surface area contributed by atoms with E-state index in [-0.39, 0.29) is 19.5 Å². The lowest BCUT2D eigenvalue weighted by atomic mass is 10.1. The molecule has 7 heteroatoms. The van der Waals surface area contributed by atoms with Crippen LogP contribution in [0.1, 0.15) is 27.2 Å². The molecule has 0 radical (unpaired) electrons. The zero-order valence-corrected chi connectivity index (χ0v) is 10.8. The third kappa shape index (κ3) is 4.36. The zero-order valence-electron chi connectivity index (χ0n) is 10.8. The Bertz CT molecular complexity index is 300. The van der Waals surface area contributed by atoms with Crippen LogP contribution in [0.5, 0.6) is 0 Å². The van der Waals surface area contributed by atoms with E-state index in [9.17, 15) is 18.0 Å². The van der Waals surface area contributed by atoms with Gasteiger partial charge in [-0.05, 0) is 33.7 Å². The number of ether oxygens (including phenoxy) is 1. The second-order valence-corrected chi connectivity index (χ2v) is 5.27. The first kappa shape index (κ1) is 15.1. The van der Waals surface area contributed by atoms with E-state index in [1.165, 1.54) is 0 Å². The number of amides is 1. The minimum absolute atomic E-state index is 0.000903. The normalized spacial score (nSPS) is 22.6. The van der Waals surface area contributed by atoms with Crippen molar-refractivity contribution in [3.05, 3.63) is 0 Å². The van der Waals surface area contributed by atoms with Gasteiger partial charge in [-0.15, -0.1) is 0 Å². The number of halogens is 3. The van der Waals surface area contributed by atoms with Crippen molar-refractivity contribution < 1.29 is 22.7 Å².